The third kappa shape index (κ3) is 1.98. The lowest BCUT2D eigenvalue weighted by atomic mass is 10.2. The Labute approximate surface area is 93.3 Å². The first-order chi connectivity index (χ1) is 6.27. The fourth-order valence-electron chi connectivity index (χ4n) is 1.97. The van der Waals surface area contributed by atoms with Gasteiger partial charge in [-0.25, -0.2) is 0 Å². The normalized spacial score (nSPS) is 22.3. The highest BCUT2D eigenvalue weighted by atomic mass is 127. The second-order valence-corrected chi connectivity index (χ2v) is 4.91. The van der Waals surface area contributed by atoms with Crippen molar-refractivity contribution in [2.45, 2.75) is 25.8 Å². The number of anilines is 1. The maximum absolute atomic E-state index is 2.50. The molecule has 1 nitrogen and oxygen atoms in total. The maximum atomic E-state index is 2.50. The number of rotatable bonds is 1. The van der Waals surface area contributed by atoms with Crippen LogP contribution in [-0.2, 0) is 0 Å². The van der Waals surface area contributed by atoms with E-state index in [0.29, 0.717) is 0 Å². The maximum Gasteiger partial charge on any atom is 0.0379 e. The van der Waals surface area contributed by atoms with E-state index in [9.17, 15) is 0 Å². The van der Waals surface area contributed by atoms with Crippen LogP contribution in [0.3, 0.4) is 0 Å². The van der Waals surface area contributed by atoms with Gasteiger partial charge < -0.3 is 4.90 Å². The van der Waals surface area contributed by atoms with Crippen molar-refractivity contribution < 1.29 is 0 Å². The number of nitrogens with zero attached hydrogens (tertiary/aromatic N) is 1. The average Bonchev–Trinajstić information content (AvgIpc) is 2.51. The Kier molecular flexibility index (Phi) is 2.77. The van der Waals surface area contributed by atoms with Crippen molar-refractivity contribution in [3.05, 3.63) is 27.8 Å². The van der Waals surface area contributed by atoms with E-state index >= 15 is 0 Å². The summed E-state index contributed by atoms with van der Waals surface area (Å²) >= 11 is 2.37. The number of halogens is 1. The quantitative estimate of drug-likeness (QED) is 0.716. The van der Waals surface area contributed by atoms with Crippen LogP contribution in [0.2, 0.25) is 0 Å². The SMILES string of the molecule is CC1CCCN1c1cccc(I)c1. The van der Waals surface area contributed by atoms with Gasteiger partial charge in [-0.05, 0) is 60.6 Å². The Balaban J connectivity index is 2.24. The summed E-state index contributed by atoms with van der Waals surface area (Å²) in [7, 11) is 0. The van der Waals surface area contributed by atoms with Crippen molar-refractivity contribution in [2.75, 3.05) is 11.4 Å². The van der Waals surface area contributed by atoms with Gasteiger partial charge in [0.25, 0.3) is 0 Å². The van der Waals surface area contributed by atoms with Crippen LogP contribution in [0.1, 0.15) is 19.8 Å². The van der Waals surface area contributed by atoms with Crippen molar-refractivity contribution in [3.8, 4) is 0 Å². The topological polar surface area (TPSA) is 3.24 Å². The van der Waals surface area contributed by atoms with E-state index in [1.54, 1.807) is 0 Å². The van der Waals surface area contributed by atoms with E-state index in [-0.39, 0.29) is 0 Å². The largest absolute Gasteiger partial charge is 0.369 e. The van der Waals surface area contributed by atoms with Gasteiger partial charge in [-0.1, -0.05) is 6.07 Å². The highest BCUT2D eigenvalue weighted by molar-refractivity contribution is 14.1. The Morgan fingerprint density at radius 2 is 2.31 bits per heavy atom. The van der Waals surface area contributed by atoms with Crippen LogP contribution >= 0.6 is 22.6 Å². The lowest BCUT2D eigenvalue weighted by Crippen LogP contribution is -2.26. The van der Waals surface area contributed by atoms with Gasteiger partial charge in [0.2, 0.25) is 0 Å². The Morgan fingerprint density at radius 3 is 2.92 bits per heavy atom. The van der Waals surface area contributed by atoms with Crippen LogP contribution < -0.4 is 4.90 Å². The molecule has 0 aromatic heterocycles. The highest BCUT2D eigenvalue weighted by Gasteiger charge is 2.19. The van der Waals surface area contributed by atoms with Crippen LogP contribution in [0.4, 0.5) is 5.69 Å². The molecule has 70 valence electrons. The minimum atomic E-state index is 0.721. The zero-order valence-corrected chi connectivity index (χ0v) is 9.99. The Bertz CT molecular complexity index is 298. The van der Waals surface area contributed by atoms with Crippen molar-refractivity contribution >= 4 is 28.3 Å². The molecule has 1 atom stereocenters. The van der Waals surface area contributed by atoms with Gasteiger partial charge in [0.05, 0.1) is 0 Å². The minimum Gasteiger partial charge on any atom is -0.369 e. The molecule has 13 heavy (non-hydrogen) atoms. The Hall–Kier alpha value is -0.250. The monoisotopic (exact) mass is 287 g/mol. The first kappa shape index (κ1) is 9.31. The summed E-state index contributed by atoms with van der Waals surface area (Å²) in [6.45, 7) is 3.54. The average molecular weight is 287 g/mol. The summed E-state index contributed by atoms with van der Waals surface area (Å²) in [5, 5.41) is 0. The lowest BCUT2D eigenvalue weighted by molar-refractivity contribution is 0.735. The van der Waals surface area contributed by atoms with Crippen LogP contribution in [0.5, 0.6) is 0 Å². The molecule has 0 spiro atoms. The standard InChI is InChI=1S/C11H14IN/c1-9-4-3-7-13(9)11-6-2-5-10(12)8-11/h2,5-6,8-9H,3-4,7H2,1H3. The smallest absolute Gasteiger partial charge is 0.0379 e. The molecule has 1 aliphatic rings. The summed E-state index contributed by atoms with van der Waals surface area (Å²) in [6, 6.07) is 9.48. The number of hydrogen-bond acceptors (Lipinski definition) is 1. The summed E-state index contributed by atoms with van der Waals surface area (Å²) < 4.78 is 1.33. The van der Waals surface area contributed by atoms with E-state index < -0.39 is 0 Å². The van der Waals surface area contributed by atoms with Gasteiger partial charge in [-0.3, -0.25) is 0 Å². The van der Waals surface area contributed by atoms with Gasteiger partial charge in [-0.15, -0.1) is 0 Å². The van der Waals surface area contributed by atoms with Crippen molar-refractivity contribution in [1.29, 1.82) is 0 Å². The molecule has 0 amide bonds. The first-order valence-electron chi connectivity index (χ1n) is 4.79. The molecular weight excluding hydrogens is 273 g/mol. The van der Waals surface area contributed by atoms with Crippen LogP contribution in [0.25, 0.3) is 0 Å². The van der Waals surface area contributed by atoms with E-state index in [1.807, 2.05) is 0 Å². The molecule has 0 aliphatic carbocycles. The molecule has 1 heterocycles. The summed E-state index contributed by atoms with van der Waals surface area (Å²) in [6.07, 6.45) is 2.68. The molecule has 1 aromatic carbocycles. The van der Waals surface area contributed by atoms with E-state index in [0.717, 1.165) is 6.04 Å². The van der Waals surface area contributed by atoms with Crippen molar-refractivity contribution in [1.82, 2.24) is 0 Å². The zero-order valence-electron chi connectivity index (χ0n) is 7.83. The summed E-state index contributed by atoms with van der Waals surface area (Å²) in [4.78, 5) is 2.50. The van der Waals surface area contributed by atoms with E-state index in [1.165, 1.54) is 28.6 Å². The number of hydrogen-bond donors (Lipinski definition) is 0. The molecular formula is C11H14IN. The molecule has 1 fully saturated rings. The molecule has 0 radical (unpaired) electrons. The molecule has 2 rings (SSSR count). The predicted octanol–water partition coefficient (Wildman–Crippen LogP) is 3.28. The van der Waals surface area contributed by atoms with Gasteiger partial charge in [0, 0.05) is 21.8 Å². The summed E-state index contributed by atoms with van der Waals surface area (Å²) in [5.41, 5.74) is 1.39. The van der Waals surface area contributed by atoms with Crippen LogP contribution in [-0.4, -0.2) is 12.6 Å². The molecule has 1 unspecified atom stereocenters. The molecule has 1 aliphatic heterocycles. The molecule has 2 heteroatoms. The van der Waals surface area contributed by atoms with Gasteiger partial charge in [0.1, 0.15) is 0 Å². The lowest BCUT2D eigenvalue weighted by Gasteiger charge is -2.23. The van der Waals surface area contributed by atoms with Gasteiger partial charge in [-0.2, -0.15) is 0 Å². The van der Waals surface area contributed by atoms with Gasteiger partial charge in [0.15, 0.2) is 0 Å². The molecule has 1 aromatic rings. The molecule has 1 saturated heterocycles. The molecule has 0 saturated carbocycles. The Morgan fingerprint density at radius 1 is 1.46 bits per heavy atom. The van der Waals surface area contributed by atoms with Crippen LogP contribution in [0.15, 0.2) is 24.3 Å². The third-order valence-corrected chi connectivity index (χ3v) is 3.36. The van der Waals surface area contributed by atoms with E-state index in [4.69, 9.17) is 0 Å². The molecule has 0 bridgehead atoms. The zero-order chi connectivity index (χ0) is 9.26. The van der Waals surface area contributed by atoms with E-state index in [2.05, 4.69) is 58.7 Å². The fourth-order valence-corrected chi connectivity index (χ4v) is 2.50. The van der Waals surface area contributed by atoms with Crippen molar-refractivity contribution in [3.63, 3.8) is 0 Å². The molecule has 0 N–H and O–H groups in total. The summed E-state index contributed by atoms with van der Waals surface area (Å²) in [5.74, 6) is 0. The van der Waals surface area contributed by atoms with Gasteiger partial charge >= 0.3 is 0 Å². The highest BCUT2D eigenvalue weighted by Crippen LogP contribution is 2.26. The second kappa shape index (κ2) is 3.86. The minimum absolute atomic E-state index is 0.721. The van der Waals surface area contributed by atoms with Crippen molar-refractivity contribution in [2.24, 2.45) is 0 Å². The first-order valence-corrected chi connectivity index (χ1v) is 5.87. The number of benzene rings is 1. The van der Waals surface area contributed by atoms with Crippen LogP contribution in [0, 0.1) is 3.57 Å². The second-order valence-electron chi connectivity index (χ2n) is 3.66. The third-order valence-electron chi connectivity index (χ3n) is 2.69. The predicted molar refractivity (Wildman–Crippen MR) is 65.2 cm³/mol. The fraction of sp³-hybridized carbons (Fsp3) is 0.455.